The maximum absolute atomic E-state index is 12.4. The van der Waals surface area contributed by atoms with E-state index in [4.69, 9.17) is 0 Å². The predicted molar refractivity (Wildman–Crippen MR) is 94.4 cm³/mol. The van der Waals surface area contributed by atoms with Crippen LogP contribution in [0.4, 0.5) is 0 Å². The van der Waals surface area contributed by atoms with Gasteiger partial charge in [-0.1, -0.05) is 6.07 Å². The Morgan fingerprint density at radius 3 is 2.80 bits per heavy atom. The summed E-state index contributed by atoms with van der Waals surface area (Å²) in [6, 6.07) is 5.14. The number of sulfonamides is 1. The average Bonchev–Trinajstić information content (AvgIpc) is 3.37. The van der Waals surface area contributed by atoms with Gasteiger partial charge in [-0.2, -0.15) is 0 Å². The van der Waals surface area contributed by atoms with Gasteiger partial charge in [0.1, 0.15) is 0 Å². The second-order valence-corrected chi connectivity index (χ2v) is 8.95. The molecule has 138 valence electrons. The summed E-state index contributed by atoms with van der Waals surface area (Å²) in [5.74, 6) is 0.732. The zero-order valence-corrected chi connectivity index (χ0v) is 15.4. The van der Waals surface area contributed by atoms with Crippen LogP contribution in [-0.4, -0.2) is 43.5 Å². The molecule has 0 radical (unpaired) electrons. The standard InChI is InChI=1S/C18H26N2O4S/c1-13(21)6-8-19-25(23,24)17-5-4-15-7-9-20(12-16(15)11-17)18(22)10-14-2-3-14/h4-5,11,13-14,19,21H,2-3,6-10,12H2,1H3/t13-/m1/s1. The molecule has 1 aliphatic heterocycles. The van der Waals surface area contributed by atoms with Crippen molar-refractivity contribution in [1.29, 1.82) is 0 Å². The Balaban J connectivity index is 1.69. The van der Waals surface area contributed by atoms with Gasteiger partial charge in [0.2, 0.25) is 15.9 Å². The van der Waals surface area contributed by atoms with Crippen LogP contribution in [0.1, 0.15) is 43.7 Å². The molecule has 0 unspecified atom stereocenters. The van der Waals surface area contributed by atoms with E-state index in [9.17, 15) is 18.3 Å². The lowest BCUT2D eigenvalue weighted by molar-refractivity contribution is -0.132. The molecule has 0 spiro atoms. The Labute approximate surface area is 149 Å². The summed E-state index contributed by atoms with van der Waals surface area (Å²) >= 11 is 0. The molecule has 1 aromatic rings. The van der Waals surface area contributed by atoms with E-state index in [-0.39, 0.29) is 17.3 Å². The number of benzene rings is 1. The third-order valence-corrected chi connectivity index (χ3v) is 6.33. The normalized spacial score (nSPS) is 18.7. The highest BCUT2D eigenvalue weighted by Gasteiger charge is 2.29. The Morgan fingerprint density at radius 1 is 1.36 bits per heavy atom. The summed E-state index contributed by atoms with van der Waals surface area (Å²) in [5.41, 5.74) is 2.02. The van der Waals surface area contributed by atoms with Crippen LogP contribution >= 0.6 is 0 Å². The van der Waals surface area contributed by atoms with Gasteiger partial charge in [-0.25, -0.2) is 13.1 Å². The molecule has 1 atom stereocenters. The number of aliphatic hydroxyl groups excluding tert-OH is 1. The van der Waals surface area contributed by atoms with Gasteiger partial charge >= 0.3 is 0 Å². The van der Waals surface area contributed by atoms with Crippen LogP contribution in [0.2, 0.25) is 0 Å². The second-order valence-electron chi connectivity index (χ2n) is 7.18. The van der Waals surface area contributed by atoms with E-state index in [1.807, 2.05) is 11.0 Å². The molecule has 2 N–H and O–H groups in total. The van der Waals surface area contributed by atoms with Crippen LogP contribution in [0.25, 0.3) is 0 Å². The summed E-state index contributed by atoms with van der Waals surface area (Å²) in [5, 5.41) is 9.25. The Kier molecular flexibility index (Phi) is 5.46. The number of nitrogens with zero attached hydrogens (tertiary/aromatic N) is 1. The number of fused-ring (bicyclic) bond motifs is 1. The van der Waals surface area contributed by atoms with Gasteiger partial charge in [0.05, 0.1) is 11.0 Å². The summed E-state index contributed by atoms with van der Waals surface area (Å²) in [6.07, 6.45) is 3.51. The van der Waals surface area contributed by atoms with Gasteiger partial charge in [-0.05, 0) is 61.8 Å². The Hall–Kier alpha value is -1.44. The summed E-state index contributed by atoms with van der Waals surface area (Å²) in [7, 11) is -3.60. The zero-order valence-electron chi connectivity index (χ0n) is 14.6. The van der Waals surface area contributed by atoms with Crippen molar-refractivity contribution in [1.82, 2.24) is 9.62 Å². The predicted octanol–water partition coefficient (Wildman–Crippen LogP) is 1.42. The highest BCUT2D eigenvalue weighted by atomic mass is 32.2. The molecule has 3 rings (SSSR count). The number of hydrogen-bond acceptors (Lipinski definition) is 4. The largest absolute Gasteiger partial charge is 0.393 e. The number of carbonyl (C=O) groups excluding carboxylic acids is 1. The number of hydrogen-bond donors (Lipinski definition) is 2. The van der Waals surface area contributed by atoms with Crippen molar-refractivity contribution in [2.75, 3.05) is 13.1 Å². The molecule has 0 aromatic heterocycles. The zero-order chi connectivity index (χ0) is 18.0. The number of amides is 1. The Morgan fingerprint density at radius 2 is 2.12 bits per heavy atom. The average molecular weight is 366 g/mol. The van der Waals surface area contributed by atoms with Gasteiger partial charge in [0.15, 0.2) is 0 Å². The number of carbonyl (C=O) groups is 1. The van der Waals surface area contributed by atoms with E-state index in [2.05, 4.69) is 4.72 Å². The summed E-state index contributed by atoms with van der Waals surface area (Å²) in [6.45, 7) is 3.01. The van der Waals surface area contributed by atoms with Gasteiger partial charge < -0.3 is 10.0 Å². The van der Waals surface area contributed by atoms with Crippen molar-refractivity contribution < 1.29 is 18.3 Å². The first-order valence-corrected chi connectivity index (χ1v) is 10.4. The highest BCUT2D eigenvalue weighted by molar-refractivity contribution is 7.89. The quantitative estimate of drug-likeness (QED) is 0.764. The molecule has 1 amide bonds. The van der Waals surface area contributed by atoms with Crippen molar-refractivity contribution in [2.24, 2.45) is 5.92 Å². The molecule has 0 bridgehead atoms. The summed E-state index contributed by atoms with van der Waals surface area (Å²) < 4.78 is 27.3. The maximum Gasteiger partial charge on any atom is 0.240 e. The smallest absolute Gasteiger partial charge is 0.240 e. The minimum absolute atomic E-state index is 0.177. The van der Waals surface area contributed by atoms with Crippen LogP contribution in [-0.2, 0) is 27.8 Å². The minimum Gasteiger partial charge on any atom is -0.393 e. The van der Waals surface area contributed by atoms with Crippen LogP contribution in [0.3, 0.4) is 0 Å². The van der Waals surface area contributed by atoms with E-state index in [1.165, 1.54) is 0 Å². The lowest BCUT2D eigenvalue weighted by Crippen LogP contribution is -2.36. The molecule has 7 heteroatoms. The van der Waals surface area contributed by atoms with Gasteiger partial charge in [0, 0.05) is 26.1 Å². The maximum atomic E-state index is 12.4. The molecule has 25 heavy (non-hydrogen) atoms. The molecule has 1 aromatic carbocycles. The molecule has 1 saturated carbocycles. The van der Waals surface area contributed by atoms with E-state index < -0.39 is 16.1 Å². The first-order valence-electron chi connectivity index (χ1n) is 8.92. The fourth-order valence-electron chi connectivity index (χ4n) is 3.10. The van der Waals surface area contributed by atoms with Gasteiger partial charge in [0.25, 0.3) is 0 Å². The van der Waals surface area contributed by atoms with Crippen molar-refractivity contribution in [3.8, 4) is 0 Å². The molecule has 0 saturated heterocycles. The monoisotopic (exact) mass is 366 g/mol. The van der Waals surface area contributed by atoms with Crippen LogP contribution in [0, 0.1) is 5.92 Å². The lowest BCUT2D eigenvalue weighted by atomic mass is 9.99. The molecule has 1 fully saturated rings. The van der Waals surface area contributed by atoms with Crippen molar-refractivity contribution >= 4 is 15.9 Å². The topological polar surface area (TPSA) is 86.7 Å². The second kappa shape index (κ2) is 7.43. The number of nitrogens with one attached hydrogen (secondary N) is 1. The molecular formula is C18H26N2O4S. The number of rotatable bonds is 7. The molecule has 2 aliphatic rings. The fraction of sp³-hybridized carbons (Fsp3) is 0.611. The molecule has 1 heterocycles. The van der Waals surface area contributed by atoms with E-state index >= 15 is 0 Å². The van der Waals surface area contributed by atoms with Crippen LogP contribution in [0.15, 0.2) is 23.1 Å². The molecular weight excluding hydrogens is 340 g/mol. The Bertz CT molecular complexity index is 741. The van der Waals surface area contributed by atoms with Crippen LogP contribution in [0.5, 0.6) is 0 Å². The SMILES string of the molecule is C[C@@H](O)CCNS(=O)(=O)c1ccc2c(c1)CN(C(=O)CC1CC1)CC2. The van der Waals surface area contributed by atoms with E-state index in [1.54, 1.807) is 19.1 Å². The third-order valence-electron chi connectivity index (χ3n) is 4.87. The number of aliphatic hydroxyl groups is 1. The van der Waals surface area contributed by atoms with Gasteiger partial charge in [-0.3, -0.25) is 4.79 Å². The molecule has 1 aliphatic carbocycles. The van der Waals surface area contributed by atoms with Gasteiger partial charge in [-0.15, -0.1) is 0 Å². The van der Waals surface area contributed by atoms with E-state index in [0.29, 0.717) is 31.8 Å². The third kappa shape index (κ3) is 4.80. The van der Waals surface area contributed by atoms with Crippen molar-refractivity contribution in [3.63, 3.8) is 0 Å². The first kappa shape index (κ1) is 18.4. The fourth-order valence-corrected chi connectivity index (χ4v) is 4.19. The first-order chi connectivity index (χ1) is 11.8. The van der Waals surface area contributed by atoms with Crippen molar-refractivity contribution in [2.45, 2.75) is 56.6 Å². The highest BCUT2D eigenvalue weighted by Crippen LogP contribution is 2.33. The molecule has 6 nitrogen and oxygen atoms in total. The van der Waals surface area contributed by atoms with Crippen molar-refractivity contribution in [3.05, 3.63) is 29.3 Å². The lowest BCUT2D eigenvalue weighted by Gasteiger charge is -2.29. The summed E-state index contributed by atoms with van der Waals surface area (Å²) in [4.78, 5) is 14.4. The van der Waals surface area contributed by atoms with Crippen LogP contribution < -0.4 is 4.72 Å². The minimum atomic E-state index is -3.60. The van der Waals surface area contributed by atoms with E-state index in [0.717, 1.165) is 30.4 Å².